The Balaban J connectivity index is 1.23. The fourth-order valence-corrected chi connectivity index (χ4v) is 4.71. The number of hydrazine groups is 1. The van der Waals surface area contributed by atoms with Gasteiger partial charge in [-0.1, -0.05) is 24.3 Å². The summed E-state index contributed by atoms with van der Waals surface area (Å²) in [5.74, 6) is 7.50. The lowest BCUT2D eigenvalue weighted by Gasteiger charge is -2.36. The largest absolute Gasteiger partial charge is 0.366 e. The molecule has 2 fully saturated rings. The number of rotatable bonds is 4. The molecular weight excluding hydrogens is 402 g/mol. The van der Waals surface area contributed by atoms with Crippen LogP contribution in [-0.2, 0) is 4.79 Å². The van der Waals surface area contributed by atoms with Crippen LogP contribution in [0.5, 0.6) is 0 Å². The molecule has 164 valence electrons. The normalized spacial score (nSPS) is 19.0. The molecule has 1 aliphatic carbocycles. The van der Waals surface area contributed by atoms with Crippen LogP contribution in [0.15, 0.2) is 53.8 Å². The number of nitrogens with zero attached hydrogens (tertiary/aromatic N) is 6. The Morgan fingerprint density at radius 1 is 0.938 bits per heavy atom. The fraction of sp³-hybridized carbons (Fsp3) is 0.375. The number of anilines is 1. The van der Waals surface area contributed by atoms with Crippen molar-refractivity contribution >= 4 is 22.9 Å². The molecule has 8 heteroatoms. The number of hydrogen-bond acceptors (Lipinski definition) is 6. The van der Waals surface area contributed by atoms with Crippen molar-refractivity contribution in [2.75, 3.05) is 44.2 Å². The van der Waals surface area contributed by atoms with Crippen molar-refractivity contribution in [2.24, 2.45) is 16.8 Å². The summed E-state index contributed by atoms with van der Waals surface area (Å²) in [6, 6.07) is 12.6. The van der Waals surface area contributed by atoms with E-state index in [1.54, 1.807) is 5.01 Å². The molecule has 1 saturated heterocycles. The highest BCUT2D eigenvalue weighted by molar-refractivity contribution is 5.99. The summed E-state index contributed by atoms with van der Waals surface area (Å²) in [6.45, 7) is 4.80. The second-order valence-corrected chi connectivity index (χ2v) is 8.84. The van der Waals surface area contributed by atoms with E-state index >= 15 is 0 Å². The maximum atomic E-state index is 12.4. The van der Waals surface area contributed by atoms with Gasteiger partial charge in [0.2, 0.25) is 5.91 Å². The van der Waals surface area contributed by atoms with E-state index in [1.165, 1.54) is 5.69 Å². The van der Waals surface area contributed by atoms with Crippen molar-refractivity contribution in [3.05, 3.63) is 54.4 Å². The minimum Gasteiger partial charge on any atom is -0.366 e. The van der Waals surface area contributed by atoms with Gasteiger partial charge in [-0.3, -0.25) is 14.8 Å². The predicted molar refractivity (Wildman–Crippen MR) is 124 cm³/mol. The maximum absolute atomic E-state index is 12.4. The van der Waals surface area contributed by atoms with Gasteiger partial charge < -0.3 is 9.80 Å². The summed E-state index contributed by atoms with van der Waals surface area (Å²) < 4.78 is 1.95. The van der Waals surface area contributed by atoms with Gasteiger partial charge in [0.05, 0.1) is 24.3 Å². The van der Waals surface area contributed by atoms with E-state index in [0.717, 1.165) is 80.2 Å². The molecule has 1 aromatic carbocycles. The van der Waals surface area contributed by atoms with Gasteiger partial charge in [-0.05, 0) is 30.5 Å². The van der Waals surface area contributed by atoms with E-state index in [2.05, 4.69) is 57.6 Å². The van der Waals surface area contributed by atoms with E-state index in [-0.39, 0.29) is 0 Å². The molecule has 32 heavy (non-hydrogen) atoms. The number of aliphatic imine (C=N–C) groups is 1. The van der Waals surface area contributed by atoms with Crippen molar-refractivity contribution in [1.82, 2.24) is 19.5 Å². The number of hydrogen-bond donors (Lipinski definition) is 1. The first-order valence-electron chi connectivity index (χ1n) is 11.4. The van der Waals surface area contributed by atoms with Crippen LogP contribution in [0.1, 0.15) is 18.4 Å². The minimum absolute atomic E-state index is 0.294. The SMILES string of the molecule is NN1CCN=C1c1ccc(-c2cc3c(N4CCN(C(=O)C5CC5)CC4)ccnn3c2)cc1. The molecule has 0 unspecified atom stereocenters. The first-order chi connectivity index (χ1) is 15.7. The standard InChI is InChI=1S/C24H27N7O/c25-30-10-9-26-23(30)18-3-1-17(2-4-18)20-15-22-21(7-8-27-31(22)16-20)28-11-13-29(14-12-28)24(32)19-5-6-19/h1-4,7-8,15-16,19H,5-6,9-14,25H2. The van der Waals surface area contributed by atoms with Crippen LogP contribution in [0, 0.1) is 5.92 Å². The van der Waals surface area contributed by atoms with Gasteiger partial charge in [0.1, 0.15) is 5.84 Å². The zero-order valence-electron chi connectivity index (χ0n) is 18.0. The molecule has 4 heterocycles. The Morgan fingerprint density at radius 2 is 1.69 bits per heavy atom. The molecule has 1 amide bonds. The monoisotopic (exact) mass is 429 g/mol. The van der Waals surface area contributed by atoms with Crippen LogP contribution < -0.4 is 10.7 Å². The van der Waals surface area contributed by atoms with Gasteiger partial charge >= 0.3 is 0 Å². The molecule has 8 nitrogen and oxygen atoms in total. The number of aromatic nitrogens is 2. The van der Waals surface area contributed by atoms with Crippen molar-refractivity contribution < 1.29 is 4.79 Å². The number of piperazine rings is 1. The van der Waals surface area contributed by atoms with Gasteiger partial charge in [0.25, 0.3) is 0 Å². The zero-order chi connectivity index (χ0) is 21.7. The molecule has 6 rings (SSSR count). The Hall–Kier alpha value is -3.39. The van der Waals surface area contributed by atoms with E-state index < -0.39 is 0 Å². The second kappa shape index (κ2) is 7.63. The number of amides is 1. The maximum Gasteiger partial charge on any atom is 0.225 e. The summed E-state index contributed by atoms with van der Waals surface area (Å²) in [5, 5.41) is 6.24. The molecule has 0 spiro atoms. The molecule has 3 aromatic rings. The number of carbonyl (C=O) groups is 1. The molecule has 3 aliphatic rings. The summed E-state index contributed by atoms with van der Waals surface area (Å²) in [4.78, 5) is 21.3. The van der Waals surface area contributed by atoms with Gasteiger partial charge in [-0.15, -0.1) is 0 Å². The third-order valence-electron chi connectivity index (χ3n) is 6.70. The quantitative estimate of drug-likeness (QED) is 0.642. The van der Waals surface area contributed by atoms with Gasteiger partial charge in [0.15, 0.2) is 0 Å². The van der Waals surface area contributed by atoms with Crippen LogP contribution in [0.3, 0.4) is 0 Å². The lowest BCUT2D eigenvalue weighted by Crippen LogP contribution is -2.49. The summed E-state index contributed by atoms with van der Waals surface area (Å²) in [5.41, 5.74) is 5.54. The van der Waals surface area contributed by atoms with Gasteiger partial charge in [-0.2, -0.15) is 5.10 Å². The molecule has 2 N–H and O–H groups in total. The summed E-state index contributed by atoms with van der Waals surface area (Å²) in [6.07, 6.45) is 6.06. The average Bonchev–Trinajstić information content (AvgIpc) is 3.45. The average molecular weight is 430 g/mol. The summed E-state index contributed by atoms with van der Waals surface area (Å²) in [7, 11) is 0. The first-order valence-corrected chi connectivity index (χ1v) is 11.4. The number of nitrogens with two attached hydrogens (primary N) is 1. The Bertz CT molecular complexity index is 1190. The molecular formula is C24H27N7O. The van der Waals surface area contributed by atoms with Gasteiger partial charge in [0, 0.05) is 55.6 Å². The molecule has 0 radical (unpaired) electrons. The Morgan fingerprint density at radius 3 is 2.38 bits per heavy atom. The van der Waals surface area contributed by atoms with Crippen molar-refractivity contribution in [3.63, 3.8) is 0 Å². The lowest BCUT2D eigenvalue weighted by atomic mass is 10.1. The molecule has 2 aromatic heterocycles. The zero-order valence-corrected chi connectivity index (χ0v) is 18.0. The predicted octanol–water partition coefficient (Wildman–Crippen LogP) is 2.00. The van der Waals surface area contributed by atoms with E-state index in [9.17, 15) is 4.79 Å². The third-order valence-corrected chi connectivity index (χ3v) is 6.70. The number of benzene rings is 1. The highest BCUT2D eigenvalue weighted by Crippen LogP contribution is 2.32. The number of amidine groups is 1. The van der Waals surface area contributed by atoms with Gasteiger partial charge in [-0.25, -0.2) is 10.4 Å². The minimum atomic E-state index is 0.294. The van der Waals surface area contributed by atoms with Crippen molar-refractivity contribution in [2.45, 2.75) is 12.8 Å². The van der Waals surface area contributed by atoms with Crippen LogP contribution in [0.25, 0.3) is 16.6 Å². The van der Waals surface area contributed by atoms with E-state index in [4.69, 9.17) is 5.84 Å². The number of carbonyl (C=O) groups excluding carboxylic acids is 1. The third kappa shape index (κ3) is 3.40. The van der Waals surface area contributed by atoms with Crippen LogP contribution in [0.2, 0.25) is 0 Å². The van der Waals surface area contributed by atoms with Crippen LogP contribution >= 0.6 is 0 Å². The fourth-order valence-electron chi connectivity index (χ4n) is 4.71. The van der Waals surface area contributed by atoms with Crippen LogP contribution in [0.4, 0.5) is 5.69 Å². The van der Waals surface area contributed by atoms with Crippen LogP contribution in [-0.4, -0.2) is 70.5 Å². The molecule has 0 bridgehead atoms. The van der Waals surface area contributed by atoms with E-state index in [0.29, 0.717) is 11.8 Å². The first kappa shape index (κ1) is 19.3. The molecule has 0 atom stereocenters. The molecule has 1 saturated carbocycles. The second-order valence-electron chi connectivity index (χ2n) is 8.84. The Kier molecular flexibility index (Phi) is 4.61. The molecule has 2 aliphatic heterocycles. The van der Waals surface area contributed by atoms with Crippen molar-refractivity contribution in [1.29, 1.82) is 0 Å². The highest BCUT2D eigenvalue weighted by Gasteiger charge is 2.34. The van der Waals surface area contributed by atoms with E-state index in [1.807, 2.05) is 15.6 Å². The smallest absolute Gasteiger partial charge is 0.225 e. The number of fused-ring (bicyclic) bond motifs is 1. The van der Waals surface area contributed by atoms with Crippen molar-refractivity contribution in [3.8, 4) is 11.1 Å². The lowest BCUT2D eigenvalue weighted by molar-refractivity contribution is -0.132. The summed E-state index contributed by atoms with van der Waals surface area (Å²) >= 11 is 0. The highest BCUT2D eigenvalue weighted by atomic mass is 16.2. The Labute approximate surface area is 186 Å². The topological polar surface area (TPSA) is 82.5 Å².